The van der Waals surface area contributed by atoms with E-state index in [1.807, 2.05) is 6.07 Å². The van der Waals surface area contributed by atoms with Crippen molar-refractivity contribution in [2.75, 3.05) is 0 Å². The summed E-state index contributed by atoms with van der Waals surface area (Å²) >= 11 is 0. The molecule has 0 spiro atoms. The molecule has 3 atom stereocenters. The molecule has 0 N–H and O–H groups in total. The summed E-state index contributed by atoms with van der Waals surface area (Å²) < 4.78 is 62.5. The summed E-state index contributed by atoms with van der Waals surface area (Å²) in [5.74, 6) is -3.04. The second kappa shape index (κ2) is 10.7. The minimum absolute atomic E-state index is 0.0936. The lowest BCUT2D eigenvalue weighted by molar-refractivity contribution is -0.353. The third-order valence-corrected chi connectivity index (χ3v) is 6.85. The molecular weight excluding hydrogens is 499 g/mol. The van der Waals surface area contributed by atoms with Crippen LogP contribution >= 0.6 is 0 Å². The number of nitrogens with zero attached hydrogens (tertiary/aromatic N) is 1. The van der Waals surface area contributed by atoms with Gasteiger partial charge in [0, 0.05) is 5.56 Å². The lowest BCUT2D eigenvalue weighted by atomic mass is 9.97. The minimum Gasteiger partial charge on any atom is -0.444 e. The van der Waals surface area contributed by atoms with Crippen molar-refractivity contribution in [1.29, 1.82) is 0 Å². The minimum atomic E-state index is -4.94. The summed E-state index contributed by atoms with van der Waals surface area (Å²) in [6, 6.07) is 24.5. The van der Waals surface area contributed by atoms with Gasteiger partial charge in [-0.2, -0.15) is 13.2 Å². The van der Waals surface area contributed by atoms with E-state index >= 15 is 13.2 Å². The Balaban J connectivity index is 1.82. The van der Waals surface area contributed by atoms with Crippen molar-refractivity contribution in [3.63, 3.8) is 0 Å². The molecule has 196 valence electrons. The van der Waals surface area contributed by atoms with Gasteiger partial charge in [0.1, 0.15) is 12.6 Å². The monoisotopic (exact) mass is 529 g/mol. The van der Waals surface area contributed by atoms with Crippen LogP contribution in [0.1, 0.15) is 22.9 Å². The van der Waals surface area contributed by atoms with Crippen LogP contribution in [0.15, 0.2) is 91.0 Å². The van der Waals surface area contributed by atoms with E-state index < -0.39 is 38.6 Å². The average Bonchev–Trinajstić information content (AvgIpc) is 3.18. The number of hydrogen-bond acceptors (Lipinski definition) is 4. The van der Waals surface area contributed by atoms with Gasteiger partial charge in [-0.25, -0.2) is 4.79 Å². The summed E-state index contributed by atoms with van der Waals surface area (Å²) in [4.78, 5) is 14.6. The van der Waals surface area contributed by atoms with E-state index in [9.17, 15) is 4.79 Å². The van der Waals surface area contributed by atoms with Gasteiger partial charge in [-0.05, 0) is 37.2 Å². The Bertz CT molecular complexity index is 1170. The van der Waals surface area contributed by atoms with Gasteiger partial charge >= 0.3 is 12.3 Å². The van der Waals surface area contributed by atoms with Crippen molar-refractivity contribution in [2.45, 2.75) is 56.9 Å². The number of alkyl halides is 3. The highest BCUT2D eigenvalue weighted by atomic mass is 28.4. The van der Waals surface area contributed by atoms with Crippen LogP contribution in [-0.2, 0) is 26.9 Å². The Hall–Kier alpha value is -3.14. The van der Waals surface area contributed by atoms with Gasteiger partial charge in [-0.15, -0.1) is 0 Å². The topological polar surface area (TPSA) is 48.0 Å². The summed E-state index contributed by atoms with van der Waals surface area (Å²) in [5.41, 5.74) is 1.72. The van der Waals surface area contributed by atoms with Gasteiger partial charge in [-0.1, -0.05) is 91.0 Å². The lowest BCUT2D eigenvalue weighted by Gasteiger charge is -2.40. The van der Waals surface area contributed by atoms with Crippen LogP contribution in [0, 0.1) is 0 Å². The largest absolute Gasteiger partial charge is 0.444 e. The summed E-state index contributed by atoms with van der Waals surface area (Å²) in [7, 11) is -2.85. The third-order valence-electron chi connectivity index (χ3n) is 5.94. The number of hydrogen-bond donors (Lipinski definition) is 0. The van der Waals surface area contributed by atoms with E-state index in [4.69, 9.17) is 13.9 Å². The molecule has 3 aromatic carbocycles. The van der Waals surface area contributed by atoms with Gasteiger partial charge in [0.25, 0.3) is 5.79 Å². The maximum absolute atomic E-state index is 15.1. The number of carbonyl (C=O) groups excluding carboxylic acids is 1. The van der Waals surface area contributed by atoms with E-state index in [1.165, 1.54) is 0 Å². The Labute approximate surface area is 215 Å². The Morgan fingerprint density at radius 3 is 1.92 bits per heavy atom. The molecule has 0 bridgehead atoms. The quantitative estimate of drug-likeness (QED) is 0.307. The predicted octanol–water partition coefficient (Wildman–Crippen LogP) is 7.08. The van der Waals surface area contributed by atoms with Crippen LogP contribution in [0.4, 0.5) is 18.0 Å². The second-order valence-corrected chi connectivity index (χ2v) is 14.3. The van der Waals surface area contributed by atoms with Crippen molar-refractivity contribution in [2.24, 2.45) is 0 Å². The van der Waals surface area contributed by atoms with Crippen molar-refractivity contribution in [3.05, 3.63) is 108 Å². The summed E-state index contributed by atoms with van der Waals surface area (Å²) in [6.45, 7) is 4.90. The van der Waals surface area contributed by atoms with E-state index in [1.54, 1.807) is 105 Å². The van der Waals surface area contributed by atoms with E-state index in [0.29, 0.717) is 16.7 Å². The molecule has 0 aliphatic carbocycles. The lowest BCUT2D eigenvalue weighted by Crippen LogP contribution is -2.62. The molecule has 0 aromatic heterocycles. The van der Waals surface area contributed by atoms with Crippen LogP contribution in [0.3, 0.4) is 0 Å². The molecule has 1 fully saturated rings. The number of rotatable bonds is 7. The maximum atomic E-state index is 15.1. The van der Waals surface area contributed by atoms with E-state index in [-0.39, 0.29) is 13.0 Å². The molecule has 1 amide bonds. The van der Waals surface area contributed by atoms with E-state index in [2.05, 4.69) is 0 Å². The summed E-state index contributed by atoms with van der Waals surface area (Å²) in [6.07, 6.45) is -7.36. The Morgan fingerprint density at radius 1 is 0.892 bits per heavy atom. The zero-order chi connectivity index (χ0) is 26.7. The molecule has 3 aromatic rings. The van der Waals surface area contributed by atoms with Gasteiger partial charge in [0.2, 0.25) is 0 Å². The van der Waals surface area contributed by atoms with Crippen LogP contribution in [0.25, 0.3) is 0 Å². The molecule has 0 unspecified atom stereocenters. The highest BCUT2D eigenvalue weighted by Gasteiger charge is 2.71. The number of benzene rings is 3. The predicted molar refractivity (Wildman–Crippen MR) is 136 cm³/mol. The van der Waals surface area contributed by atoms with Crippen molar-refractivity contribution in [3.8, 4) is 0 Å². The van der Waals surface area contributed by atoms with Gasteiger partial charge in [-0.3, -0.25) is 4.90 Å². The summed E-state index contributed by atoms with van der Waals surface area (Å²) in [5, 5.41) is 0. The zero-order valence-corrected chi connectivity index (χ0v) is 21.9. The molecule has 1 aliphatic rings. The Kier molecular flexibility index (Phi) is 7.77. The first-order chi connectivity index (χ1) is 17.5. The van der Waals surface area contributed by atoms with Crippen LogP contribution in [0.5, 0.6) is 0 Å². The molecular formula is C28H30F3NO4Si. The maximum Gasteiger partial charge on any atom is 0.444 e. The third kappa shape index (κ3) is 6.06. The Morgan fingerprint density at radius 2 is 1.41 bits per heavy atom. The van der Waals surface area contributed by atoms with E-state index in [0.717, 1.165) is 4.90 Å². The highest BCUT2D eigenvalue weighted by Crippen LogP contribution is 2.52. The first kappa shape index (κ1) is 26.9. The molecule has 0 radical (unpaired) electrons. The number of ether oxygens (including phenoxy) is 2. The van der Waals surface area contributed by atoms with Gasteiger partial charge < -0.3 is 13.9 Å². The van der Waals surface area contributed by atoms with Crippen LogP contribution in [-0.4, -0.2) is 37.3 Å². The van der Waals surface area contributed by atoms with Crippen LogP contribution in [0.2, 0.25) is 19.6 Å². The molecule has 5 nitrogen and oxygen atoms in total. The average molecular weight is 530 g/mol. The number of carbonyl (C=O) groups is 1. The molecule has 1 saturated heterocycles. The van der Waals surface area contributed by atoms with Crippen molar-refractivity contribution < 1.29 is 31.9 Å². The standard InChI is InChI=1S/C28H30F3NO4Si/c1-37(2,3)36-27(28(29,30)31)24(19-21-13-7-4-8-14-21)32(25(35-27)23-17-11-6-12-18-23)26(33)34-20-22-15-9-5-10-16-22/h4-18,24-25H,19-20H2,1-3H3/t24-,25-,27+/m0/s1. The van der Waals surface area contributed by atoms with Crippen LogP contribution < -0.4 is 0 Å². The molecule has 1 heterocycles. The second-order valence-electron chi connectivity index (χ2n) is 9.91. The highest BCUT2D eigenvalue weighted by molar-refractivity contribution is 6.69. The fourth-order valence-corrected chi connectivity index (χ4v) is 5.65. The number of amides is 1. The molecule has 9 heteroatoms. The van der Waals surface area contributed by atoms with Crippen molar-refractivity contribution >= 4 is 14.4 Å². The fraction of sp³-hybridized carbons (Fsp3) is 0.321. The fourth-order valence-electron chi connectivity index (χ4n) is 4.44. The molecule has 37 heavy (non-hydrogen) atoms. The zero-order valence-electron chi connectivity index (χ0n) is 20.9. The van der Waals surface area contributed by atoms with Gasteiger partial charge in [0.15, 0.2) is 14.5 Å². The molecule has 0 saturated carbocycles. The smallest absolute Gasteiger partial charge is 0.444 e. The first-order valence-corrected chi connectivity index (χ1v) is 15.4. The molecule has 1 aliphatic heterocycles. The number of halogens is 3. The van der Waals surface area contributed by atoms with Gasteiger partial charge in [0.05, 0.1) is 0 Å². The van der Waals surface area contributed by atoms with Crippen molar-refractivity contribution in [1.82, 2.24) is 4.90 Å². The normalized spacial score (nSPS) is 22.2. The molecule has 4 rings (SSSR count). The SMILES string of the molecule is C[Si](C)(C)O[C@]1(C(F)(F)F)O[C@@H](c2ccccc2)N(C(=O)OCc2ccccc2)[C@H]1Cc1ccccc1. The first-order valence-electron chi connectivity index (χ1n) is 12.0.